The van der Waals surface area contributed by atoms with Crippen molar-refractivity contribution in [3.8, 4) is 0 Å². The maximum Gasteiger partial charge on any atom is 0.248 e. The Bertz CT molecular complexity index is 353. The van der Waals surface area contributed by atoms with Crippen molar-refractivity contribution < 1.29 is 19.0 Å². The van der Waals surface area contributed by atoms with E-state index < -0.39 is 5.79 Å². The number of likely N-dealkylation sites (tertiary alicyclic amines) is 1. The third kappa shape index (κ3) is 3.58. The number of hydrogen-bond donors (Lipinski definition) is 0. The van der Waals surface area contributed by atoms with Gasteiger partial charge in [0.25, 0.3) is 0 Å². The molecule has 3 fully saturated rings. The highest BCUT2D eigenvalue weighted by molar-refractivity contribution is 5.77. The second kappa shape index (κ2) is 6.63. The Morgan fingerprint density at radius 3 is 2.38 bits per heavy atom. The molecule has 5 nitrogen and oxygen atoms in total. The van der Waals surface area contributed by atoms with E-state index in [2.05, 4.69) is 0 Å². The number of carbonyl (C=O) groups is 1. The van der Waals surface area contributed by atoms with Gasteiger partial charge in [0.2, 0.25) is 5.91 Å². The maximum absolute atomic E-state index is 12.2. The van der Waals surface area contributed by atoms with E-state index in [9.17, 15) is 4.79 Å². The van der Waals surface area contributed by atoms with Crippen LogP contribution in [-0.2, 0) is 19.0 Å². The summed E-state index contributed by atoms with van der Waals surface area (Å²) in [5.41, 5.74) is 0. The number of ether oxygens (including phenoxy) is 3. The molecule has 21 heavy (non-hydrogen) atoms. The predicted molar refractivity (Wildman–Crippen MR) is 77.8 cm³/mol. The van der Waals surface area contributed by atoms with Gasteiger partial charge in [0.15, 0.2) is 5.79 Å². The molecule has 0 aromatic carbocycles. The average Bonchev–Trinajstić information content (AvgIpc) is 3.17. The lowest BCUT2D eigenvalue weighted by Crippen LogP contribution is -2.47. The van der Waals surface area contributed by atoms with Crippen molar-refractivity contribution in [2.75, 3.05) is 32.9 Å². The van der Waals surface area contributed by atoms with E-state index in [0.29, 0.717) is 25.2 Å². The van der Waals surface area contributed by atoms with E-state index >= 15 is 0 Å². The fourth-order valence-corrected chi connectivity index (χ4v) is 3.75. The lowest BCUT2D eigenvalue weighted by molar-refractivity contribution is -0.192. The molecule has 0 bridgehead atoms. The Labute approximate surface area is 126 Å². The molecule has 2 aliphatic heterocycles. The Morgan fingerprint density at radius 1 is 1.14 bits per heavy atom. The summed E-state index contributed by atoms with van der Waals surface area (Å²) >= 11 is 0. The van der Waals surface area contributed by atoms with Crippen LogP contribution in [0.25, 0.3) is 0 Å². The largest absolute Gasteiger partial charge is 0.368 e. The van der Waals surface area contributed by atoms with Crippen molar-refractivity contribution in [3.63, 3.8) is 0 Å². The van der Waals surface area contributed by atoms with Crippen LogP contribution in [0, 0.1) is 5.92 Å². The Balaban J connectivity index is 1.41. The highest BCUT2D eigenvalue weighted by Gasteiger charge is 2.41. The van der Waals surface area contributed by atoms with Gasteiger partial charge < -0.3 is 19.1 Å². The summed E-state index contributed by atoms with van der Waals surface area (Å²) in [6.07, 6.45) is 6.92. The summed E-state index contributed by atoms with van der Waals surface area (Å²) in [5.74, 6) is 0.0914. The third-order valence-electron chi connectivity index (χ3n) is 5.19. The van der Waals surface area contributed by atoms with Crippen LogP contribution in [0.4, 0.5) is 0 Å². The molecule has 3 rings (SSSR count). The zero-order chi connectivity index (χ0) is 14.7. The first kappa shape index (κ1) is 15.3. The maximum atomic E-state index is 12.2. The van der Waals surface area contributed by atoms with Crippen molar-refractivity contribution in [2.45, 2.75) is 57.3 Å². The van der Waals surface area contributed by atoms with E-state index in [4.69, 9.17) is 14.2 Å². The Kier molecular flexibility index (Phi) is 4.82. The van der Waals surface area contributed by atoms with Crippen molar-refractivity contribution in [1.29, 1.82) is 0 Å². The minimum atomic E-state index is -0.435. The minimum absolute atomic E-state index is 0.138. The minimum Gasteiger partial charge on any atom is -0.368 e. The zero-order valence-corrected chi connectivity index (χ0v) is 13.0. The molecule has 0 atom stereocenters. The monoisotopic (exact) mass is 297 g/mol. The van der Waals surface area contributed by atoms with E-state index in [1.165, 1.54) is 12.8 Å². The molecule has 0 unspecified atom stereocenters. The van der Waals surface area contributed by atoms with Gasteiger partial charge in [-0.2, -0.15) is 0 Å². The average molecular weight is 297 g/mol. The third-order valence-corrected chi connectivity index (χ3v) is 5.19. The van der Waals surface area contributed by atoms with E-state index in [0.717, 1.165) is 38.8 Å². The standard InChI is InChI=1S/C16H27NO4/c1-16(20-10-11-21-16)13-6-8-17(9-7-13)15(18)12-19-14-4-2-3-5-14/h13-14H,2-12H2,1H3. The highest BCUT2D eigenvalue weighted by atomic mass is 16.7. The van der Waals surface area contributed by atoms with Gasteiger partial charge >= 0.3 is 0 Å². The van der Waals surface area contributed by atoms with Crippen molar-refractivity contribution in [3.05, 3.63) is 0 Å². The number of hydrogen-bond acceptors (Lipinski definition) is 4. The first-order valence-electron chi connectivity index (χ1n) is 8.35. The summed E-state index contributed by atoms with van der Waals surface area (Å²) in [6, 6.07) is 0. The van der Waals surface area contributed by atoms with Crippen LogP contribution < -0.4 is 0 Å². The van der Waals surface area contributed by atoms with Crippen LogP contribution >= 0.6 is 0 Å². The predicted octanol–water partition coefficient (Wildman–Crippen LogP) is 1.95. The van der Waals surface area contributed by atoms with Gasteiger partial charge in [-0.25, -0.2) is 0 Å². The van der Waals surface area contributed by atoms with Crippen molar-refractivity contribution in [1.82, 2.24) is 4.90 Å². The van der Waals surface area contributed by atoms with Crippen LogP contribution in [0.5, 0.6) is 0 Å². The molecule has 1 saturated carbocycles. The van der Waals surface area contributed by atoms with E-state index in [1.807, 2.05) is 11.8 Å². The smallest absolute Gasteiger partial charge is 0.248 e. The van der Waals surface area contributed by atoms with Gasteiger partial charge in [-0.05, 0) is 32.6 Å². The molecule has 1 amide bonds. The Hall–Kier alpha value is -0.650. The highest BCUT2D eigenvalue weighted by Crippen LogP contribution is 2.35. The van der Waals surface area contributed by atoms with Crippen LogP contribution in [0.2, 0.25) is 0 Å². The molecule has 3 aliphatic rings. The first-order chi connectivity index (χ1) is 10.2. The number of rotatable bonds is 4. The zero-order valence-electron chi connectivity index (χ0n) is 13.0. The van der Waals surface area contributed by atoms with Crippen LogP contribution in [-0.4, -0.2) is 55.6 Å². The molecule has 5 heteroatoms. The van der Waals surface area contributed by atoms with Crippen LogP contribution in [0.15, 0.2) is 0 Å². The van der Waals surface area contributed by atoms with Gasteiger partial charge in [-0.3, -0.25) is 4.79 Å². The molecule has 1 aliphatic carbocycles. The molecular formula is C16H27NO4. The molecule has 2 heterocycles. The van der Waals surface area contributed by atoms with Gasteiger partial charge in [-0.1, -0.05) is 12.8 Å². The SMILES string of the molecule is CC1(C2CCN(C(=O)COC3CCCC3)CC2)OCCO1. The van der Waals surface area contributed by atoms with Gasteiger partial charge in [0, 0.05) is 19.0 Å². The molecule has 2 saturated heterocycles. The van der Waals surface area contributed by atoms with Crippen LogP contribution in [0.1, 0.15) is 45.4 Å². The summed E-state index contributed by atoms with van der Waals surface area (Å²) in [4.78, 5) is 14.1. The second-order valence-corrected chi connectivity index (χ2v) is 6.59. The summed E-state index contributed by atoms with van der Waals surface area (Å²) in [5, 5.41) is 0. The van der Waals surface area contributed by atoms with Gasteiger partial charge in [0.1, 0.15) is 6.61 Å². The number of carbonyl (C=O) groups excluding carboxylic acids is 1. The summed E-state index contributed by atoms with van der Waals surface area (Å²) in [6.45, 7) is 5.24. The molecule has 120 valence electrons. The number of piperidine rings is 1. The molecule has 0 spiro atoms. The molecule has 0 aromatic rings. The lowest BCUT2D eigenvalue weighted by Gasteiger charge is -2.39. The second-order valence-electron chi connectivity index (χ2n) is 6.59. The van der Waals surface area contributed by atoms with Gasteiger partial charge in [-0.15, -0.1) is 0 Å². The summed E-state index contributed by atoms with van der Waals surface area (Å²) in [7, 11) is 0. The normalized spacial score (nSPS) is 27.4. The number of nitrogens with zero attached hydrogens (tertiary/aromatic N) is 1. The van der Waals surface area contributed by atoms with Crippen LogP contribution in [0.3, 0.4) is 0 Å². The quantitative estimate of drug-likeness (QED) is 0.796. The fourth-order valence-electron chi connectivity index (χ4n) is 3.75. The lowest BCUT2D eigenvalue weighted by atomic mass is 9.89. The summed E-state index contributed by atoms with van der Waals surface area (Å²) < 4.78 is 17.2. The molecule has 0 aromatic heterocycles. The van der Waals surface area contributed by atoms with Gasteiger partial charge in [0.05, 0.1) is 19.3 Å². The molecule has 0 N–H and O–H groups in total. The molecular weight excluding hydrogens is 270 g/mol. The van der Waals surface area contributed by atoms with E-state index in [-0.39, 0.29) is 12.5 Å². The fraction of sp³-hybridized carbons (Fsp3) is 0.938. The Morgan fingerprint density at radius 2 is 1.76 bits per heavy atom. The topological polar surface area (TPSA) is 48.0 Å². The van der Waals surface area contributed by atoms with Crippen molar-refractivity contribution in [2.24, 2.45) is 5.92 Å². The number of amides is 1. The molecule has 0 radical (unpaired) electrons. The first-order valence-corrected chi connectivity index (χ1v) is 8.35. The van der Waals surface area contributed by atoms with E-state index in [1.54, 1.807) is 0 Å². The van der Waals surface area contributed by atoms with Crippen molar-refractivity contribution >= 4 is 5.91 Å².